The van der Waals surface area contributed by atoms with Crippen molar-refractivity contribution in [1.29, 1.82) is 0 Å². The molecular formula is C33H48ClN3O4. The van der Waals surface area contributed by atoms with E-state index in [-0.39, 0.29) is 17.7 Å². The Morgan fingerprint density at radius 1 is 1.00 bits per heavy atom. The first-order valence-electron chi connectivity index (χ1n) is 14.6. The van der Waals surface area contributed by atoms with Crippen molar-refractivity contribution in [1.82, 2.24) is 10.2 Å². The molecule has 2 atom stereocenters. The summed E-state index contributed by atoms with van der Waals surface area (Å²) < 4.78 is 5.50. The molecule has 0 spiro atoms. The molecule has 8 heteroatoms. The quantitative estimate of drug-likeness (QED) is 0.248. The SMILES string of the molecule is CCCCCN(C(=O)C(CC(C)C)NC(=O)OC(C)(C)C)C(C(=O)Nc1c(C)cccc1Cl)c1cc(C)ccc1C. The molecule has 41 heavy (non-hydrogen) atoms. The van der Waals surface area contributed by atoms with E-state index in [1.165, 1.54) is 0 Å². The highest BCUT2D eigenvalue weighted by molar-refractivity contribution is 6.34. The van der Waals surface area contributed by atoms with Crippen LogP contribution in [0.4, 0.5) is 10.5 Å². The van der Waals surface area contributed by atoms with Gasteiger partial charge in [-0.15, -0.1) is 0 Å². The second-order valence-electron chi connectivity index (χ2n) is 12.3. The van der Waals surface area contributed by atoms with Crippen molar-refractivity contribution in [2.24, 2.45) is 5.92 Å². The maximum Gasteiger partial charge on any atom is 0.408 e. The van der Waals surface area contributed by atoms with Gasteiger partial charge in [-0.1, -0.05) is 81.1 Å². The molecule has 2 rings (SSSR count). The minimum Gasteiger partial charge on any atom is -0.444 e. The number of amides is 3. The van der Waals surface area contributed by atoms with Crippen molar-refractivity contribution in [2.75, 3.05) is 11.9 Å². The van der Waals surface area contributed by atoms with E-state index in [0.29, 0.717) is 30.1 Å². The zero-order valence-corrected chi connectivity index (χ0v) is 26.9. The fraction of sp³-hybridized carbons (Fsp3) is 0.545. The van der Waals surface area contributed by atoms with Crippen LogP contribution in [-0.4, -0.2) is 41.0 Å². The van der Waals surface area contributed by atoms with Gasteiger partial charge in [-0.3, -0.25) is 9.59 Å². The number of nitrogens with one attached hydrogen (secondary N) is 2. The largest absolute Gasteiger partial charge is 0.444 e. The molecule has 0 fully saturated rings. The molecule has 2 aromatic carbocycles. The van der Waals surface area contributed by atoms with E-state index >= 15 is 0 Å². The lowest BCUT2D eigenvalue weighted by molar-refractivity contribution is -0.141. The molecule has 2 N–H and O–H groups in total. The Morgan fingerprint density at radius 2 is 1.68 bits per heavy atom. The molecule has 0 aliphatic carbocycles. The van der Waals surface area contributed by atoms with Gasteiger partial charge in [-0.25, -0.2) is 4.79 Å². The summed E-state index contributed by atoms with van der Waals surface area (Å²) >= 11 is 6.49. The Labute approximate surface area is 251 Å². The lowest BCUT2D eigenvalue weighted by Crippen LogP contribution is -2.53. The van der Waals surface area contributed by atoms with Gasteiger partial charge in [0, 0.05) is 6.54 Å². The van der Waals surface area contributed by atoms with Crippen molar-refractivity contribution >= 4 is 35.2 Å². The van der Waals surface area contributed by atoms with E-state index in [4.69, 9.17) is 16.3 Å². The number of carbonyl (C=O) groups is 3. The first-order chi connectivity index (χ1) is 19.1. The highest BCUT2D eigenvalue weighted by atomic mass is 35.5. The van der Waals surface area contributed by atoms with Crippen LogP contribution in [0.25, 0.3) is 0 Å². The Morgan fingerprint density at radius 3 is 2.27 bits per heavy atom. The Bertz CT molecular complexity index is 1190. The van der Waals surface area contributed by atoms with Crippen molar-refractivity contribution in [3.8, 4) is 0 Å². The standard InChI is InChI=1S/C33H48ClN3O4/c1-10-11-12-18-37(31(39)27(19-21(2)3)35-32(40)41-33(7,8)9)29(25-20-22(4)16-17-23(25)5)30(38)36-28-24(6)14-13-15-26(28)34/h13-17,20-21,27,29H,10-12,18-19H2,1-9H3,(H,35,40)(H,36,38). The van der Waals surface area contributed by atoms with Gasteiger partial charge in [-0.05, 0) is 83.1 Å². The van der Waals surface area contributed by atoms with Crippen molar-refractivity contribution in [2.45, 2.75) is 106 Å². The number of nitrogens with zero attached hydrogens (tertiary/aromatic N) is 1. The van der Waals surface area contributed by atoms with Crippen LogP contribution in [0, 0.1) is 26.7 Å². The molecule has 7 nitrogen and oxygen atoms in total. The van der Waals surface area contributed by atoms with E-state index < -0.39 is 23.8 Å². The minimum atomic E-state index is -0.940. The summed E-state index contributed by atoms with van der Waals surface area (Å²) in [5, 5.41) is 6.26. The third-order valence-corrected chi connectivity index (χ3v) is 7.06. The average molecular weight is 586 g/mol. The Balaban J connectivity index is 2.64. The van der Waals surface area contributed by atoms with Gasteiger partial charge < -0.3 is 20.3 Å². The number of anilines is 1. The van der Waals surface area contributed by atoms with Crippen molar-refractivity contribution in [3.05, 3.63) is 63.7 Å². The van der Waals surface area contributed by atoms with Crippen molar-refractivity contribution in [3.63, 3.8) is 0 Å². The van der Waals surface area contributed by atoms with E-state index in [1.54, 1.807) is 31.7 Å². The number of para-hydroxylation sites is 1. The molecule has 0 bridgehead atoms. The maximum atomic E-state index is 14.4. The molecule has 0 aliphatic heterocycles. The highest BCUT2D eigenvalue weighted by Gasteiger charge is 2.37. The number of unbranched alkanes of at least 4 members (excludes halogenated alkanes) is 2. The molecule has 0 heterocycles. The van der Waals surface area contributed by atoms with Crippen LogP contribution in [0.2, 0.25) is 5.02 Å². The second kappa shape index (κ2) is 15.2. The molecular weight excluding hydrogens is 538 g/mol. The first-order valence-corrected chi connectivity index (χ1v) is 15.0. The molecule has 3 amide bonds. The number of carbonyl (C=O) groups excluding carboxylic acids is 3. The summed E-state index contributed by atoms with van der Waals surface area (Å²) in [5.74, 6) is -0.576. The highest BCUT2D eigenvalue weighted by Crippen LogP contribution is 2.32. The van der Waals surface area contributed by atoms with Crippen LogP contribution >= 0.6 is 11.6 Å². The molecule has 0 saturated carbocycles. The monoisotopic (exact) mass is 585 g/mol. The predicted molar refractivity (Wildman–Crippen MR) is 167 cm³/mol. The topological polar surface area (TPSA) is 87.7 Å². The molecule has 0 aliphatic rings. The van der Waals surface area contributed by atoms with Gasteiger partial charge in [0.15, 0.2) is 0 Å². The second-order valence-corrected chi connectivity index (χ2v) is 12.7. The van der Waals surface area contributed by atoms with Crippen LogP contribution in [0.15, 0.2) is 36.4 Å². The van der Waals surface area contributed by atoms with Gasteiger partial charge in [0.2, 0.25) is 5.91 Å². The number of aryl methyl sites for hydroxylation is 3. The fourth-order valence-corrected chi connectivity index (χ4v) is 5.00. The number of hydrogen-bond acceptors (Lipinski definition) is 4. The van der Waals surface area contributed by atoms with Gasteiger partial charge in [-0.2, -0.15) is 0 Å². The van der Waals surface area contributed by atoms with E-state index in [2.05, 4.69) is 17.6 Å². The average Bonchev–Trinajstić information content (AvgIpc) is 2.85. The maximum absolute atomic E-state index is 14.4. The van der Waals surface area contributed by atoms with Gasteiger partial charge in [0.1, 0.15) is 17.7 Å². The molecule has 226 valence electrons. The first kappa shape index (κ1) is 34.1. The fourth-order valence-electron chi connectivity index (χ4n) is 4.73. The van der Waals surface area contributed by atoms with Crippen LogP contribution in [0.1, 0.15) is 95.5 Å². The summed E-state index contributed by atoms with van der Waals surface area (Å²) in [6.45, 7) is 17.5. The van der Waals surface area contributed by atoms with Crippen LogP contribution in [0.5, 0.6) is 0 Å². The summed E-state index contributed by atoms with van der Waals surface area (Å²) in [6.07, 6.45) is 2.29. The molecule has 0 radical (unpaired) electrons. The van der Waals surface area contributed by atoms with E-state index in [0.717, 1.165) is 35.1 Å². The summed E-state index contributed by atoms with van der Waals surface area (Å²) in [4.78, 5) is 43.1. The predicted octanol–water partition coefficient (Wildman–Crippen LogP) is 7.90. The molecule has 0 aromatic heterocycles. The summed E-state index contributed by atoms with van der Waals surface area (Å²) in [6, 6.07) is 9.53. The van der Waals surface area contributed by atoms with Crippen LogP contribution in [-0.2, 0) is 14.3 Å². The number of ether oxygens (including phenoxy) is 1. The Hall–Kier alpha value is -3.06. The molecule has 2 unspecified atom stereocenters. The lowest BCUT2D eigenvalue weighted by atomic mass is 9.94. The zero-order chi connectivity index (χ0) is 30.9. The third-order valence-electron chi connectivity index (χ3n) is 6.74. The van der Waals surface area contributed by atoms with E-state index in [1.807, 2.05) is 65.0 Å². The molecule has 2 aromatic rings. The number of hydrogen-bond donors (Lipinski definition) is 2. The van der Waals surface area contributed by atoms with Crippen LogP contribution in [0.3, 0.4) is 0 Å². The Kier molecular flexibility index (Phi) is 12.7. The number of rotatable bonds is 12. The van der Waals surface area contributed by atoms with Gasteiger partial charge >= 0.3 is 6.09 Å². The van der Waals surface area contributed by atoms with E-state index in [9.17, 15) is 14.4 Å². The number of alkyl carbamates (subject to hydrolysis) is 1. The lowest BCUT2D eigenvalue weighted by Gasteiger charge is -2.36. The normalized spacial score (nSPS) is 13.0. The van der Waals surface area contributed by atoms with Gasteiger partial charge in [0.05, 0.1) is 10.7 Å². The van der Waals surface area contributed by atoms with Crippen LogP contribution < -0.4 is 10.6 Å². The smallest absolute Gasteiger partial charge is 0.408 e. The van der Waals surface area contributed by atoms with Crippen molar-refractivity contribution < 1.29 is 19.1 Å². The summed E-state index contributed by atoms with van der Waals surface area (Å²) in [7, 11) is 0. The molecule has 0 saturated heterocycles. The summed E-state index contributed by atoms with van der Waals surface area (Å²) in [5.41, 5.74) is 3.21. The van der Waals surface area contributed by atoms with Gasteiger partial charge in [0.25, 0.3) is 5.91 Å². The third kappa shape index (κ3) is 10.4. The minimum absolute atomic E-state index is 0.107. The number of benzene rings is 2. The number of halogens is 1. The zero-order valence-electron chi connectivity index (χ0n) is 26.2.